The minimum Gasteiger partial charge on any atom is -0.481 e. The molecule has 0 heterocycles. The molecule has 0 aliphatic carbocycles. The maximum atomic E-state index is 11.0. The second-order valence-electron chi connectivity index (χ2n) is 6.00. The third kappa shape index (κ3) is 8.13. The Bertz CT molecular complexity index is 578. The number of unbranched alkanes of at least 4 members (excludes halogenated alkanes) is 5. The fourth-order valence-corrected chi connectivity index (χ4v) is 3.05. The standard InChI is InChI=1S/C17H26O5S/c1-14(8-6-4-2-3-5-7-9-17(18)19)15-10-12-16(13-11-15)23(20,21)22/h10-14H,2-9H2,1H3,(H,18,19)(H,20,21,22). The van der Waals surface area contributed by atoms with E-state index in [0.717, 1.165) is 50.5 Å². The zero-order valence-electron chi connectivity index (χ0n) is 13.6. The van der Waals surface area contributed by atoms with Crippen molar-refractivity contribution in [3.05, 3.63) is 29.8 Å². The molecule has 0 saturated carbocycles. The molecule has 0 aliphatic rings. The smallest absolute Gasteiger partial charge is 0.303 e. The molecule has 1 rings (SSSR count). The van der Waals surface area contributed by atoms with Crippen LogP contribution >= 0.6 is 0 Å². The van der Waals surface area contributed by atoms with E-state index < -0.39 is 16.1 Å². The lowest BCUT2D eigenvalue weighted by molar-refractivity contribution is -0.137. The van der Waals surface area contributed by atoms with Crippen LogP contribution in [0.4, 0.5) is 0 Å². The highest BCUT2D eigenvalue weighted by Gasteiger charge is 2.11. The van der Waals surface area contributed by atoms with Crippen molar-refractivity contribution in [1.82, 2.24) is 0 Å². The van der Waals surface area contributed by atoms with Gasteiger partial charge in [0.25, 0.3) is 10.1 Å². The van der Waals surface area contributed by atoms with Crippen LogP contribution in [0.1, 0.15) is 69.8 Å². The van der Waals surface area contributed by atoms with E-state index in [9.17, 15) is 13.2 Å². The summed E-state index contributed by atoms with van der Waals surface area (Å²) < 4.78 is 30.9. The maximum absolute atomic E-state index is 11.0. The van der Waals surface area contributed by atoms with E-state index in [1.54, 1.807) is 12.1 Å². The molecule has 2 N–H and O–H groups in total. The lowest BCUT2D eigenvalue weighted by atomic mass is 9.95. The summed E-state index contributed by atoms with van der Waals surface area (Å²) in [5, 5.41) is 8.54. The molecule has 0 spiro atoms. The molecule has 0 aliphatic heterocycles. The SMILES string of the molecule is CC(CCCCCCCCC(=O)O)c1ccc(S(=O)(=O)O)cc1. The quantitative estimate of drug-likeness (QED) is 0.463. The molecule has 1 atom stereocenters. The zero-order chi connectivity index (χ0) is 17.3. The molecular formula is C17H26O5S. The van der Waals surface area contributed by atoms with Gasteiger partial charge in [-0.15, -0.1) is 0 Å². The molecule has 23 heavy (non-hydrogen) atoms. The Balaban J connectivity index is 2.21. The third-order valence-corrected chi connectivity index (χ3v) is 4.89. The number of hydrogen-bond donors (Lipinski definition) is 2. The van der Waals surface area contributed by atoms with Gasteiger partial charge in [0.2, 0.25) is 0 Å². The first-order valence-corrected chi connectivity index (χ1v) is 9.54. The van der Waals surface area contributed by atoms with E-state index in [-0.39, 0.29) is 11.3 Å². The summed E-state index contributed by atoms with van der Waals surface area (Å²) in [6, 6.07) is 6.37. The Kier molecular flexibility index (Phi) is 8.26. The molecule has 0 fully saturated rings. The molecule has 1 unspecified atom stereocenters. The summed E-state index contributed by atoms with van der Waals surface area (Å²) in [5.41, 5.74) is 1.07. The summed E-state index contributed by atoms with van der Waals surface area (Å²) in [4.78, 5) is 10.3. The molecule has 1 aromatic carbocycles. The van der Waals surface area contributed by atoms with Crippen molar-refractivity contribution in [2.75, 3.05) is 0 Å². The van der Waals surface area contributed by atoms with Crippen molar-refractivity contribution in [2.45, 2.75) is 69.1 Å². The zero-order valence-corrected chi connectivity index (χ0v) is 14.4. The highest BCUT2D eigenvalue weighted by atomic mass is 32.2. The number of carbonyl (C=O) groups is 1. The summed E-state index contributed by atoms with van der Waals surface area (Å²) in [7, 11) is -4.12. The van der Waals surface area contributed by atoms with Gasteiger partial charge in [-0.1, -0.05) is 51.2 Å². The highest BCUT2D eigenvalue weighted by molar-refractivity contribution is 7.85. The number of rotatable bonds is 11. The van der Waals surface area contributed by atoms with Gasteiger partial charge in [0.05, 0.1) is 4.90 Å². The molecule has 0 radical (unpaired) electrons. The van der Waals surface area contributed by atoms with E-state index in [1.807, 2.05) is 0 Å². The molecule has 6 heteroatoms. The summed E-state index contributed by atoms with van der Waals surface area (Å²) in [6.07, 6.45) is 7.43. The predicted octanol–water partition coefficient (Wildman–Crippen LogP) is 4.24. The average molecular weight is 342 g/mol. The van der Waals surface area contributed by atoms with E-state index in [4.69, 9.17) is 9.66 Å². The Labute approximate surface area is 138 Å². The molecule has 0 amide bonds. The van der Waals surface area contributed by atoms with Gasteiger partial charge in [-0.05, 0) is 36.5 Å². The van der Waals surface area contributed by atoms with Crippen molar-refractivity contribution in [3.8, 4) is 0 Å². The Hall–Kier alpha value is -1.40. The van der Waals surface area contributed by atoms with E-state index in [2.05, 4.69) is 6.92 Å². The third-order valence-electron chi connectivity index (χ3n) is 4.02. The van der Waals surface area contributed by atoms with Gasteiger partial charge in [0.1, 0.15) is 0 Å². The summed E-state index contributed by atoms with van der Waals surface area (Å²) in [5.74, 6) is -0.378. The predicted molar refractivity (Wildman–Crippen MR) is 89.2 cm³/mol. The summed E-state index contributed by atoms with van der Waals surface area (Å²) in [6.45, 7) is 2.11. The van der Waals surface area contributed by atoms with Gasteiger partial charge in [-0.25, -0.2) is 0 Å². The van der Waals surface area contributed by atoms with Gasteiger partial charge in [-0.2, -0.15) is 8.42 Å². The van der Waals surface area contributed by atoms with Crippen LogP contribution in [0.25, 0.3) is 0 Å². The van der Waals surface area contributed by atoms with Crippen molar-refractivity contribution in [1.29, 1.82) is 0 Å². The second-order valence-corrected chi connectivity index (χ2v) is 7.42. The van der Waals surface area contributed by atoms with Crippen LogP contribution in [0.2, 0.25) is 0 Å². The number of carboxylic acid groups (broad SMARTS) is 1. The molecular weight excluding hydrogens is 316 g/mol. The number of aliphatic carboxylic acids is 1. The van der Waals surface area contributed by atoms with Gasteiger partial charge in [-0.3, -0.25) is 9.35 Å². The number of benzene rings is 1. The average Bonchev–Trinajstić information content (AvgIpc) is 2.48. The topological polar surface area (TPSA) is 91.7 Å². The van der Waals surface area contributed by atoms with Crippen LogP contribution in [0, 0.1) is 0 Å². The molecule has 0 saturated heterocycles. The van der Waals surface area contributed by atoms with Gasteiger partial charge in [0, 0.05) is 6.42 Å². The molecule has 1 aromatic rings. The lowest BCUT2D eigenvalue weighted by Gasteiger charge is -2.12. The van der Waals surface area contributed by atoms with Crippen molar-refractivity contribution in [2.24, 2.45) is 0 Å². The largest absolute Gasteiger partial charge is 0.481 e. The van der Waals surface area contributed by atoms with Crippen LogP contribution in [0.15, 0.2) is 29.2 Å². The summed E-state index contributed by atoms with van der Waals surface area (Å²) >= 11 is 0. The number of carboxylic acids is 1. The lowest BCUT2D eigenvalue weighted by Crippen LogP contribution is -1.99. The Morgan fingerprint density at radius 1 is 1.00 bits per heavy atom. The van der Waals surface area contributed by atoms with E-state index >= 15 is 0 Å². The Morgan fingerprint density at radius 2 is 1.52 bits per heavy atom. The van der Waals surface area contributed by atoms with Gasteiger partial charge >= 0.3 is 5.97 Å². The molecule has 0 bridgehead atoms. The first-order valence-electron chi connectivity index (χ1n) is 8.10. The normalized spacial score (nSPS) is 13.0. The van der Waals surface area contributed by atoms with Crippen LogP contribution in [-0.2, 0) is 14.9 Å². The van der Waals surface area contributed by atoms with Crippen molar-refractivity contribution >= 4 is 16.1 Å². The molecule has 0 aromatic heterocycles. The fourth-order valence-electron chi connectivity index (χ4n) is 2.57. The molecule has 5 nitrogen and oxygen atoms in total. The van der Waals surface area contributed by atoms with Crippen LogP contribution in [-0.4, -0.2) is 24.0 Å². The fraction of sp³-hybridized carbons (Fsp3) is 0.588. The minimum atomic E-state index is -4.12. The molecule has 130 valence electrons. The maximum Gasteiger partial charge on any atom is 0.303 e. The van der Waals surface area contributed by atoms with Crippen LogP contribution < -0.4 is 0 Å². The number of hydrogen-bond acceptors (Lipinski definition) is 3. The van der Waals surface area contributed by atoms with Crippen LogP contribution in [0.3, 0.4) is 0 Å². The highest BCUT2D eigenvalue weighted by Crippen LogP contribution is 2.23. The van der Waals surface area contributed by atoms with Gasteiger partial charge in [0.15, 0.2) is 0 Å². The minimum absolute atomic E-state index is 0.0742. The van der Waals surface area contributed by atoms with E-state index in [0.29, 0.717) is 5.92 Å². The van der Waals surface area contributed by atoms with E-state index in [1.165, 1.54) is 12.1 Å². The monoisotopic (exact) mass is 342 g/mol. The van der Waals surface area contributed by atoms with Crippen molar-refractivity contribution in [3.63, 3.8) is 0 Å². The Morgan fingerprint density at radius 3 is 2.04 bits per heavy atom. The second kappa shape index (κ2) is 9.67. The first-order chi connectivity index (χ1) is 10.8. The van der Waals surface area contributed by atoms with Crippen molar-refractivity contribution < 1.29 is 22.9 Å². The van der Waals surface area contributed by atoms with Gasteiger partial charge < -0.3 is 5.11 Å². The first kappa shape index (κ1) is 19.6. The van der Waals surface area contributed by atoms with Crippen LogP contribution in [0.5, 0.6) is 0 Å².